The molecule has 1 fully saturated rings. The molecule has 18 heavy (non-hydrogen) atoms. The van der Waals surface area contributed by atoms with Gasteiger partial charge in [-0.1, -0.05) is 13.3 Å². The van der Waals surface area contributed by atoms with Crippen LogP contribution in [0.15, 0.2) is 24.3 Å². The van der Waals surface area contributed by atoms with E-state index in [2.05, 4.69) is 17.0 Å². The van der Waals surface area contributed by atoms with E-state index in [0.29, 0.717) is 11.6 Å². The number of nitrogens with one attached hydrogen (secondary N) is 1. The number of anilines is 1. The molecule has 98 valence electrons. The minimum Gasteiger partial charge on any atom is -0.465 e. The third-order valence-corrected chi connectivity index (χ3v) is 3.80. The Morgan fingerprint density at radius 2 is 2.06 bits per heavy atom. The topological polar surface area (TPSA) is 38.3 Å². The predicted molar refractivity (Wildman–Crippen MR) is 72.8 cm³/mol. The third kappa shape index (κ3) is 3.03. The summed E-state index contributed by atoms with van der Waals surface area (Å²) in [4.78, 5) is 11.3. The highest BCUT2D eigenvalue weighted by molar-refractivity contribution is 5.89. The predicted octanol–water partition coefficient (Wildman–Crippen LogP) is 3.46. The van der Waals surface area contributed by atoms with Gasteiger partial charge in [-0.25, -0.2) is 4.79 Å². The van der Waals surface area contributed by atoms with Crippen LogP contribution >= 0.6 is 0 Å². The number of esters is 1. The molecule has 2 atom stereocenters. The van der Waals surface area contributed by atoms with Gasteiger partial charge in [0.1, 0.15) is 0 Å². The van der Waals surface area contributed by atoms with Crippen LogP contribution in [0.5, 0.6) is 0 Å². The Labute approximate surface area is 109 Å². The number of hydrogen-bond donors (Lipinski definition) is 1. The second-order valence-electron chi connectivity index (χ2n) is 5.00. The number of rotatable bonds is 4. The van der Waals surface area contributed by atoms with Crippen LogP contribution in [0, 0.1) is 5.92 Å². The lowest BCUT2D eigenvalue weighted by Crippen LogP contribution is -2.15. The van der Waals surface area contributed by atoms with Crippen LogP contribution in [-0.2, 0) is 4.74 Å². The third-order valence-electron chi connectivity index (χ3n) is 3.80. The van der Waals surface area contributed by atoms with Crippen molar-refractivity contribution >= 4 is 11.7 Å². The smallest absolute Gasteiger partial charge is 0.337 e. The average molecular weight is 247 g/mol. The van der Waals surface area contributed by atoms with Gasteiger partial charge in [0.25, 0.3) is 0 Å². The van der Waals surface area contributed by atoms with Gasteiger partial charge >= 0.3 is 5.97 Å². The maximum Gasteiger partial charge on any atom is 0.337 e. The standard InChI is InChI=1S/C15H21NO2/c1-3-11-4-7-14(10-11)16-13-8-5-12(6-9-13)15(17)18-2/h5-6,8-9,11,14,16H,3-4,7,10H2,1-2H3. The fraction of sp³-hybridized carbons (Fsp3) is 0.533. The molecule has 0 spiro atoms. The van der Waals surface area contributed by atoms with Crippen LogP contribution in [0.4, 0.5) is 5.69 Å². The van der Waals surface area contributed by atoms with Gasteiger partial charge < -0.3 is 10.1 Å². The number of methoxy groups -OCH3 is 1. The lowest BCUT2D eigenvalue weighted by molar-refractivity contribution is 0.0601. The fourth-order valence-corrected chi connectivity index (χ4v) is 2.63. The van der Waals surface area contributed by atoms with Crippen molar-refractivity contribution in [2.24, 2.45) is 5.92 Å². The largest absolute Gasteiger partial charge is 0.465 e. The van der Waals surface area contributed by atoms with Gasteiger partial charge in [-0.3, -0.25) is 0 Å². The van der Waals surface area contributed by atoms with Gasteiger partial charge in [0, 0.05) is 11.7 Å². The highest BCUT2D eigenvalue weighted by Crippen LogP contribution is 2.30. The molecule has 0 saturated heterocycles. The van der Waals surface area contributed by atoms with E-state index in [9.17, 15) is 4.79 Å². The van der Waals surface area contributed by atoms with Crippen LogP contribution in [0.25, 0.3) is 0 Å². The molecule has 1 aromatic carbocycles. The second-order valence-corrected chi connectivity index (χ2v) is 5.00. The minimum absolute atomic E-state index is 0.284. The Kier molecular flexibility index (Phi) is 4.24. The summed E-state index contributed by atoms with van der Waals surface area (Å²) in [6, 6.07) is 8.09. The van der Waals surface area contributed by atoms with Crippen molar-refractivity contribution in [1.29, 1.82) is 0 Å². The monoisotopic (exact) mass is 247 g/mol. The molecule has 1 N–H and O–H groups in total. The van der Waals surface area contributed by atoms with Crippen LogP contribution in [0.2, 0.25) is 0 Å². The van der Waals surface area contributed by atoms with Crippen LogP contribution in [-0.4, -0.2) is 19.1 Å². The van der Waals surface area contributed by atoms with Crippen molar-refractivity contribution in [3.63, 3.8) is 0 Å². The summed E-state index contributed by atoms with van der Waals surface area (Å²) >= 11 is 0. The maximum absolute atomic E-state index is 11.3. The molecule has 3 heteroatoms. The number of hydrogen-bond acceptors (Lipinski definition) is 3. The Balaban J connectivity index is 1.92. The number of ether oxygens (including phenoxy) is 1. The molecule has 1 aromatic rings. The molecule has 3 nitrogen and oxygen atoms in total. The lowest BCUT2D eigenvalue weighted by atomic mass is 10.1. The molecule has 1 aliphatic carbocycles. The Hall–Kier alpha value is -1.51. The van der Waals surface area contributed by atoms with Crippen molar-refractivity contribution < 1.29 is 9.53 Å². The molecule has 2 unspecified atom stereocenters. The van der Waals surface area contributed by atoms with E-state index >= 15 is 0 Å². The van der Waals surface area contributed by atoms with Gasteiger partial charge in [0.15, 0.2) is 0 Å². The minimum atomic E-state index is -0.284. The van der Waals surface area contributed by atoms with Gasteiger partial charge in [-0.2, -0.15) is 0 Å². The zero-order valence-corrected chi connectivity index (χ0v) is 11.1. The molecule has 0 aromatic heterocycles. The van der Waals surface area contributed by atoms with E-state index in [-0.39, 0.29) is 5.97 Å². The van der Waals surface area contributed by atoms with Gasteiger partial charge in [-0.15, -0.1) is 0 Å². The molecule has 0 aliphatic heterocycles. The molecule has 1 aliphatic rings. The SMILES string of the molecule is CCC1CCC(Nc2ccc(C(=O)OC)cc2)C1. The van der Waals surface area contributed by atoms with Crippen molar-refractivity contribution in [3.05, 3.63) is 29.8 Å². The summed E-state index contributed by atoms with van der Waals surface area (Å²) in [5.41, 5.74) is 1.69. The Morgan fingerprint density at radius 1 is 1.33 bits per heavy atom. The molecular formula is C15H21NO2. The summed E-state index contributed by atoms with van der Waals surface area (Å²) in [5, 5.41) is 3.54. The van der Waals surface area contributed by atoms with E-state index < -0.39 is 0 Å². The van der Waals surface area contributed by atoms with E-state index in [1.54, 1.807) is 12.1 Å². The molecule has 2 rings (SSSR count). The highest BCUT2D eigenvalue weighted by atomic mass is 16.5. The summed E-state index contributed by atoms with van der Waals surface area (Å²) in [5.74, 6) is 0.588. The Morgan fingerprint density at radius 3 is 2.61 bits per heavy atom. The molecule has 0 bridgehead atoms. The van der Waals surface area contributed by atoms with E-state index in [1.807, 2.05) is 12.1 Å². The molecule has 0 radical (unpaired) electrons. The van der Waals surface area contributed by atoms with Crippen molar-refractivity contribution in [2.75, 3.05) is 12.4 Å². The first-order valence-electron chi connectivity index (χ1n) is 6.67. The molecule has 0 heterocycles. The first-order valence-corrected chi connectivity index (χ1v) is 6.67. The number of benzene rings is 1. The summed E-state index contributed by atoms with van der Waals surface area (Å²) in [6.45, 7) is 2.26. The first kappa shape index (κ1) is 12.9. The molecule has 1 saturated carbocycles. The van der Waals surface area contributed by atoms with Crippen LogP contribution in [0.1, 0.15) is 43.0 Å². The maximum atomic E-state index is 11.3. The lowest BCUT2D eigenvalue weighted by Gasteiger charge is -2.14. The second kappa shape index (κ2) is 5.89. The quantitative estimate of drug-likeness (QED) is 0.828. The average Bonchev–Trinajstić information content (AvgIpc) is 2.86. The Bertz CT molecular complexity index is 399. The summed E-state index contributed by atoms with van der Waals surface area (Å²) < 4.78 is 4.68. The summed E-state index contributed by atoms with van der Waals surface area (Å²) in [7, 11) is 1.40. The van der Waals surface area contributed by atoms with Gasteiger partial charge in [0.2, 0.25) is 0 Å². The van der Waals surface area contributed by atoms with Crippen LogP contribution < -0.4 is 5.32 Å². The first-order chi connectivity index (χ1) is 8.72. The fourth-order valence-electron chi connectivity index (χ4n) is 2.63. The van der Waals surface area contributed by atoms with Crippen molar-refractivity contribution in [2.45, 2.75) is 38.6 Å². The van der Waals surface area contributed by atoms with E-state index in [1.165, 1.54) is 32.8 Å². The normalized spacial score (nSPS) is 22.8. The van der Waals surface area contributed by atoms with Gasteiger partial charge in [-0.05, 0) is 49.4 Å². The van der Waals surface area contributed by atoms with E-state index in [0.717, 1.165) is 11.6 Å². The molecular weight excluding hydrogens is 226 g/mol. The number of carbonyl (C=O) groups is 1. The van der Waals surface area contributed by atoms with Crippen molar-refractivity contribution in [3.8, 4) is 0 Å². The molecule has 0 amide bonds. The highest BCUT2D eigenvalue weighted by Gasteiger charge is 2.22. The number of carbonyl (C=O) groups excluding carboxylic acids is 1. The summed E-state index contributed by atoms with van der Waals surface area (Å²) in [6.07, 6.45) is 5.11. The van der Waals surface area contributed by atoms with Gasteiger partial charge in [0.05, 0.1) is 12.7 Å². The zero-order chi connectivity index (χ0) is 13.0. The zero-order valence-electron chi connectivity index (χ0n) is 11.1. The van der Waals surface area contributed by atoms with Crippen molar-refractivity contribution in [1.82, 2.24) is 0 Å². The van der Waals surface area contributed by atoms with Crippen LogP contribution in [0.3, 0.4) is 0 Å². The van der Waals surface area contributed by atoms with E-state index in [4.69, 9.17) is 0 Å².